The zero-order valence-electron chi connectivity index (χ0n) is 18.9. The zero-order chi connectivity index (χ0) is 24.5. The first kappa shape index (κ1) is 23.6. The van der Waals surface area contributed by atoms with Gasteiger partial charge < -0.3 is 15.0 Å². The lowest BCUT2D eigenvalue weighted by Crippen LogP contribution is -2.53. The lowest BCUT2D eigenvalue weighted by Gasteiger charge is -2.38. The predicted octanol–water partition coefficient (Wildman–Crippen LogP) is 3.44. The van der Waals surface area contributed by atoms with Gasteiger partial charge in [-0.25, -0.2) is 14.6 Å². The van der Waals surface area contributed by atoms with Gasteiger partial charge in [0.15, 0.2) is 0 Å². The molecule has 1 N–H and O–H groups in total. The molecule has 3 heterocycles. The topological polar surface area (TPSA) is 98.1 Å². The zero-order valence-corrected chi connectivity index (χ0v) is 18.9. The molecule has 2 aromatic heterocycles. The highest BCUT2D eigenvalue weighted by atomic mass is 19.4. The molecule has 34 heavy (non-hydrogen) atoms. The normalized spacial score (nSPS) is 18.7. The summed E-state index contributed by atoms with van der Waals surface area (Å²) in [4.78, 5) is 22.0. The van der Waals surface area contributed by atoms with Crippen molar-refractivity contribution in [2.45, 2.75) is 45.6 Å². The molecule has 2 atom stereocenters. The largest absolute Gasteiger partial charge is 0.433 e. The summed E-state index contributed by atoms with van der Waals surface area (Å²) >= 11 is 0. The van der Waals surface area contributed by atoms with Crippen molar-refractivity contribution in [3.8, 4) is 11.3 Å². The molecule has 1 aliphatic heterocycles. The minimum Gasteiger partial charge on any atom is -0.377 e. The molecule has 1 saturated heterocycles. The van der Waals surface area contributed by atoms with Crippen LogP contribution >= 0.6 is 0 Å². The number of alkyl halides is 3. The van der Waals surface area contributed by atoms with Gasteiger partial charge in [-0.3, -0.25) is 4.79 Å². The Balaban J connectivity index is 1.51. The Morgan fingerprint density at radius 2 is 1.94 bits per heavy atom. The quantitative estimate of drug-likeness (QED) is 0.604. The molecule has 1 fully saturated rings. The van der Waals surface area contributed by atoms with Crippen molar-refractivity contribution in [1.29, 1.82) is 0 Å². The van der Waals surface area contributed by atoms with Crippen molar-refractivity contribution in [2.75, 3.05) is 18.5 Å². The third kappa shape index (κ3) is 5.33. The molecule has 180 valence electrons. The number of morpholine rings is 1. The van der Waals surface area contributed by atoms with Gasteiger partial charge in [-0.15, -0.1) is 5.10 Å². The molecule has 3 aromatic rings. The number of carbonyl (C=O) groups excluding carboxylic acids is 1. The average Bonchev–Trinajstić information content (AvgIpc) is 3.21. The third-order valence-electron chi connectivity index (χ3n) is 5.37. The minimum atomic E-state index is -4.57. The average molecular weight is 475 g/mol. The molecule has 0 spiro atoms. The third-order valence-corrected chi connectivity index (χ3v) is 5.37. The lowest BCUT2D eigenvalue weighted by molar-refractivity contribution is -0.145. The molecule has 1 aliphatic rings. The van der Waals surface area contributed by atoms with Gasteiger partial charge in [-0.2, -0.15) is 13.2 Å². The highest BCUT2D eigenvalue weighted by molar-refractivity contribution is 5.77. The fourth-order valence-corrected chi connectivity index (χ4v) is 3.93. The van der Waals surface area contributed by atoms with Gasteiger partial charge in [-0.05, 0) is 50.6 Å². The second-order valence-corrected chi connectivity index (χ2v) is 8.31. The number of hydrogen-bond acceptors (Lipinski definition) is 7. The van der Waals surface area contributed by atoms with Crippen molar-refractivity contribution in [1.82, 2.24) is 29.9 Å². The van der Waals surface area contributed by atoms with Crippen LogP contribution in [0.1, 0.15) is 25.1 Å². The molecule has 1 amide bonds. The van der Waals surface area contributed by atoms with Gasteiger partial charge >= 0.3 is 6.18 Å². The number of ether oxygens (including phenoxy) is 1. The first-order valence-electron chi connectivity index (χ1n) is 10.7. The van der Waals surface area contributed by atoms with Crippen LogP contribution in [0.15, 0.2) is 36.7 Å². The van der Waals surface area contributed by atoms with Crippen LogP contribution in [0, 0.1) is 6.92 Å². The van der Waals surface area contributed by atoms with Gasteiger partial charge in [-0.1, -0.05) is 5.21 Å². The molecule has 12 heteroatoms. The van der Waals surface area contributed by atoms with Crippen LogP contribution in [0.3, 0.4) is 0 Å². The minimum absolute atomic E-state index is 0.0253. The van der Waals surface area contributed by atoms with Crippen LogP contribution < -0.4 is 5.32 Å². The second kappa shape index (κ2) is 9.37. The summed E-state index contributed by atoms with van der Waals surface area (Å²) in [5.74, 6) is -0.248. The van der Waals surface area contributed by atoms with Crippen LogP contribution in [-0.2, 0) is 22.3 Å². The van der Waals surface area contributed by atoms with E-state index in [9.17, 15) is 18.0 Å². The number of nitrogens with zero attached hydrogens (tertiary/aromatic N) is 6. The Bertz CT molecular complexity index is 1170. The van der Waals surface area contributed by atoms with Crippen LogP contribution in [0.2, 0.25) is 0 Å². The summed E-state index contributed by atoms with van der Waals surface area (Å²) in [6, 6.07) is 6.08. The van der Waals surface area contributed by atoms with Gasteiger partial charge in [0, 0.05) is 17.4 Å². The fourth-order valence-electron chi connectivity index (χ4n) is 3.93. The number of benzene rings is 1. The van der Waals surface area contributed by atoms with E-state index in [-0.39, 0.29) is 30.5 Å². The maximum Gasteiger partial charge on any atom is 0.433 e. The lowest BCUT2D eigenvalue weighted by atomic mass is 10.1. The monoisotopic (exact) mass is 475 g/mol. The number of rotatable bonds is 5. The molecule has 0 saturated carbocycles. The molecule has 4 rings (SSSR count). The summed E-state index contributed by atoms with van der Waals surface area (Å²) in [7, 11) is 0. The summed E-state index contributed by atoms with van der Waals surface area (Å²) in [5, 5.41) is 11.1. The standard InChI is InChI=1S/C22H24F3N7O2/c1-13-6-16(8-17(7-13)27-21-26-5-4-19(28-21)22(23,24)25)18-9-31(30-29-18)10-20(33)32-14(2)11-34-12-15(32)3/h4-9,14-15H,10-12H2,1-3H3,(H,26,27,28)/t14-,15-/m0/s1. The first-order valence-corrected chi connectivity index (χ1v) is 10.7. The molecule has 0 aliphatic carbocycles. The Hall–Kier alpha value is -3.54. The molecule has 1 aromatic carbocycles. The molecule has 0 bridgehead atoms. The number of halogens is 3. The number of aromatic nitrogens is 5. The van der Waals surface area contributed by atoms with Gasteiger partial charge in [0.05, 0.1) is 31.5 Å². The molecule has 0 unspecified atom stereocenters. The summed E-state index contributed by atoms with van der Waals surface area (Å²) in [5.41, 5.74) is 1.51. The highest BCUT2D eigenvalue weighted by Gasteiger charge is 2.33. The maximum atomic E-state index is 12.9. The van der Waals surface area contributed by atoms with E-state index in [1.54, 1.807) is 23.2 Å². The molecular formula is C22H24F3N7O2. The number of carbonyl (C=O) groups is 1. The smallest absolute Gasteiger partial charge is 0.377 e. The van der Waals surface area contributed by atoms with E-state index >= 15 is 0 Å². The number of anilines is 2. The Morgan fingerprint density at radius 3 is 2.65 bits per heavy atom. The second-order valence-electron chi connectivity index (χ2n) is 8.31. The Labute approximate surface area is 194 Å². The van der Waals surface area contributed by atoms with E-state index in [2.05, 4.69) is 25.6 Å². The summed E-state index contributed by atoms with van der Waals surface area (Å²) < 4.78 is 45.8. The molecule has 0 radical (unpaired) electrons. The maximum absolute atomic E-state index is 12.9. The molecular weight excluding hydrogens is 451 g/mol. The van der Waals surface area contributed by atoms with Gasteiger partial charge in [0.2, 0.25) is 11.9 Å². The first-order chi connectivity index (χ1) is 16.1. The number of amides is 1. The van der Waals surface area contributed by atoms with Crippen molar-refractivity contribution >= 4 is 17.5 Å². The van der Waals surface area contributed by atoms with E-state index < -0.39 is 11.9 Å². The van der Waals surface area contributed by atoms with Crippen LogP contribution in [0.5, 0.6) is 0 Å². The van der Waals surface area contributed by atoms with E-state index in [1.807, 2.05) is 26.8 Å². The summed E-state index contributed by atoms with van der Waals surface area (Å²) in [6.07, 6.45) is -1.86. The van der Waals surface area contributed by atoms with E-state index in [0.717, 1.165) is 17.8 Å². The number of aryl methyl sites for hydroxylation is 1. The number of nitrogens with one attached hydrogen (secondary N) is 1. The Morgan fingerprint density at radius 1 is 1.21 bits per heavy atom. The van der Waals surface area contributed by atoms with Crippen molar-refractivity contribution in [3.63, 3.8) is 0 Å². The van der Waals surface area contributed by atoms with Gasteiger partial charge in [0.1, 0.15) is 17.9 Å². The van der Waals surface area contributed by atoms with Crippen LogP contribution in [0.4, 0.5) is 24.8 Å². The van der Waals surface area contributed by atoms with E-state index in [1.165, 1.54) is 4.68 Å². The van der Waals surface area contributed by atoms with Crippen LogP contribution in [0.25, 0.3) is 11.3 Å². The summed E-state index contributed by atoms with van der Waals surface area (Å²) in [6.45, 7) is 6.75. The van der Waals surface area contributed by atoms with E-state index in [0.29, 0.717) is 30.2 Å². The number of hydrogen-bond donors (Lipinski definition) is 1. The predicted molar refractivity (Wildman–Crippen MR) is 117 cm³/mol. The van der Waals surface area contributed by atoms with Crippen molar-refractivity contribution in [3.05, 3.63) is 47.9 Å². The van der Waals surface area contributed by atoms with Crippen molar-refractivity contribution in [2.24, 2.45) is 0 Å². The Kier molecular flexibility index (Phi) is 6.51. The van der Waals surface area contributed by atoms with Gasteiger partial charge in [0.25, 0.3) is 0 Å². The van der Waals surface area contributed by atoms with Crippen molar-refractivity contribution < 1.29 is 22.7 Å². The molecule has 9 nitrogen and oxygen atoms in total. The highest BCUT2D eigenvalue weighted by Crippen LogP contribution is 2.29. The van der Waals surface area contributed by atoms with Crippen LogP contribution in [-0.4, -0.2) is 61.1 Å². The van der Waals surface area contributed by atoms with E-state index in [4.69, 9.17) is 4.74 Å². The SMILES string of the molecule is Cc1cc(Nc2nccc(C(F)(F)F)n2)cc(-c2cn(CC(=O)N3[C@@H](C)COC[C@@H]3C)nn2)c1. The fraction of sp³-hybridized carbons (Fsp3) is 0.409.